The molecule has 1 heterocycles. The molecule has 0 radical (unpaired) electrons. The molecule has 0 spiro atoms. The Morgan fingerprint density at radius 1 is 1.44 bits per heavy atom. The monoisotopic (exact) mass is 255 g/mol. The van der Waals surface area contributed by atoms with Crippen molar-refractivity contribution in [1.29, 1.82) is 0 Å². The first-order valence-electron chi connectivity index (χ1n) is 6.73. The van der Waals surface area contributed by atoms with Crippen molar-refractivity contribution >= 4 is 11.8 Å². The highest BCUT2D eigenvalue weighted by Gasteiger charge is 2.39. The molecular formula is C13H25N3O2. The Bertz CT molecular complexity index is 313. The summed E-state index contributed by atoms with van der Waals surface area (Å²) < 4.78 is 0. The van der Waals surface area contributed by atoms with Crippen LogP contribution in [0.2, 0.25) is 0 Å². The van der Waals surface area contributed by atoms with Crippen LogP contribution < -0.4 is 11.1 Å². The molecule has 0 aromatic rings. The second kappa shape index (κ2) is 6.18. The van der Waals surface area contributed by atoms with E-state index < -0.39 is 5.41 Å². The molecule has 1 aliphatic heterocycles. The van der Waals surface area contributed by atoms with Gasteiger partial charge in [0.15, 0.2) is 0 Å². The van der Waals surface area contributed by atoms with Crippen LogP contribution in [-0.2, 0) is 9.59 Å². The number of amides is 2. The lowest BCUT2D eigenvalue weighted by molar-refractivity contribution is -0.149. The van der Waals surface area contributed by atoms with Crippen molar-refractivity contribution in [2.45, 2.75) is 45.6 Å². The van der Waals surface area contributed by atoms with Crippen LogP contribution in [0.15, 0.2) is 0 Å². The summed E-state index contributed by atoms with van der Waals surface area (Å²) in [6.07, 6.45) is 3.39. The number of nitrogens with zero attached hydrogens (tertiary/aromatic N) is 1. The summed E-state index contributed by atoms with van der Waals surface area (Å²) in [4.78, 5) is 26.1. The van der Waals surface area contributed by atoms with Gasteiger partial charge in [-0.1, -0.05) is 6.92 Å². The van der Waals surface area contributed by atoms with Crippen molar-refractivity contribution in [1.82, 2.24) is 10.2 Å². The van der Waals surface area contributed by atoms with Crippen molar-refractivity contribution in [3.8, 4) is 0 Å². The van der Waals surface area contributed by atoms with Crippen molar-refractivity contribution < 1.29 is 9.59 Å². The molecular weight excluding hydrogens is 230 g/mol. The molecule has 3 N–H and O–H groups in total. The molecule has 0 aliphatic carbocycles. The predicted molar refractivity (Wildman–Crippen MR) is 70.9 cm³/mol. The van der Waals surface area contributed by atoms with Crippen LogP contribution in [0.3, 0.4) is 0 Å². The van der Waals surface area contributed by atoms with Crippen molar-refractivity contribution in [3.05, 3.63) is 0 Å². The molecule has 1 fully saturated rings. The van der Waals surface area contributed by atoms with E-state index in [1.807, 2.05) is 13.8 Å². The van der Waals surface area contributed by atoms with Gasteiger partial charge in [-0.05, 0) is 32.6 Å². The molecule has 0 aromatic carbocycles. The Kier molecular flexibility index (Phi) is 5.14. The number of carbonyl (C=O) groups excluding carboxylic acids is 2. The van der Waals surface area contributed by atoms with E-state index in [2.05, 4.69) is 5.32 Å². The number of piperidine rings is 1. The number of nitrogens with one attached hydrogen (secondary N) is 1. The molecule has 5 nitrogen and oxygen atoms in total. The Hall–Kier alpha value is -1.10. The summed E-state index contributed by atoms with van der Waals surface area (Å²) in [5.74, 6) is -0.0562. The minimum atomic E-state index is -0.552. The van der Waals surface area contributed by atoms with Gasteiger partial charge >= 0.3 is 0 Å². The third-order valence-electron chi connectivity index (χ3n) is 4.06. The minimum Gasteiger partial charge on any atom is -0.357 e. The van der Waals surface area contributed by atoms with Gasteiger partial charge in [0.1, 0.15) is 6.04 Å². The second-order valence-corrected chi connectivity index (χ2v) is 5.24. The molecule has 0 bridgehead atoms. The average molecular weight is 255 g/mol. The van der Waals surface area contributed by atoms with Gasteiger partial charge in [-0.2, -0.15) is 0 Å². The fourth-order valence-electron chi connectivity index (χ4n) is 2.34. The van der Waals surface area contributed by atoms with Crippen LogP contribution >= 0.6 is 0 Å². The zero-order valence-electron chi connectivity index (χ0n) is 11.7. The lowest BCUT2D eigenvalue weighted by atomic mass is 9.84. The van der Waals surface area contributed by atoms with Crippen LogP contribution in [0.25, 0.3) is 0 Å². The first kappa shape index (κ1) is 15.0. The van der Waals surface area contributed by atoms with Crippen molar-refractivity contribution in [3.63, 3.8) is 0 Å². The molecule has 2 unspecified atom stereocenters. The maximum Gasteiger partial charge on any atom is 0.242 e. The Balaban J connectivity index is 2.90. The smallest absolute Gasteiger partial charge is 0.242 e. The van der Waals surface area contributed by atoms with E-state index in [9.17, 15) is 9.59 Å². The van der Waals surface area contributed by atoms with Crippen LogP contribution in [-0.4, -0.2) is 42.9 Å². The topological polar surface area (TPSA) is 75.4 Å². The summed E-state index contributed by atoms with van der Waals surface area (Å²) in [5.41, 5.74) is 5.18. The second-order valence-electron chi connectivity index (χ2n) is 5.24. The van der Waals surface area contributed by atoms with Crippen LogP contribution in [0.1, 0.15) is 39.5 Å². The molecule has 0 aromatic heterocycles. The third-order valence-corrected chi connectivity index (χ3v) is 4.06. The summed E-state index contributed by atoms with van der Waals surface area (Å²) in [5, 5.41) is 2.64. The van der Waals surface area contributed by atoms with E-state index in [1.165, 1.54) is 0 Å². The zero-order valence-corrected chi connectivity index (χ0v) is 11.7. The zero-order chi connectivity index (χ0) is 13.8. The van der Waals surface area contributed by atoms with Gasteiger partial charge in [-0.3, -0.25) is 9.59 Å². The molecule has 1 saturated heterocycles. The number of carbonyl (C=O) groups is 2. The SMILES string of the molecule is CCC(C)(CN)C(=O)N1CCCCC1C(=O)NC. The van der Waals surface area contributed by atoms with Gasteiger partial charge in [-0.25, -0.2) is 0 Å². The minimum absolute atomic E-state index is 0.0146. The molecule has 18 heavy (non-hydrogen) atoms. The van der Waals surface area contributed by atoms with E-state index in [0.29, 0.717) is 19.5 Å². The van der Waals surface area contributed by atoms with Gasteiger partial charge in [0.25, 0.3) is 0 Å². The fourth-order valence-corrected chi connectivity index (χ4v) is 2.34. The van der Waals surface area contributed by atoms with Crippen LogP contribution in [0, 0.1) is 5.41 Å². The average Bonchev–Trinajstić information content (AvgIpc) is 2.44. The highest BCUT2D eigenvalue weighted by atomic mass is 16.2. The van der Waals surface area contributed by atoms with E-state index in [-0.39, 0.29) is 17.9 Å². The predicted octanol–water partition coefficient (Wildman–Crippen LogP) is 0.489. The molecule has 0 saturated carbocycles. The normalized spacial score (nSPS) is 23.3. The lowest BCUT2D eigenvalue weighted by Gasteiger charge is -2.39. The first-order valence-corrected chi connectivity index (χ1v) is 6.73. The van der Waals surface area contributed by atoms with Gasteiger partial charge in [0.2, 0.25) is 11.8 Å². The van der Waals surface area contributed by atoms with Gasteiger partial charge < -0.3 is 16.0 Å². The van der Waals surface area contributed by atoms with Gasteiger partial charge in [0.05, 0.1) is 5.41 Å². The highest BCUT2D eigenvalue weighted by molar-refractivity contribution is 5.90. The third kappa shape index (κ3) is 2.83. The molecule has 1 rings (SSSR count). The molecule has 1 aliphatic rings. The van der Waals surface area contributed by atoms with E-state index >= 15 is 0 Å². The van der Waals surface area contributed by atoms with Crippen LogP contribution in [0.4, 0.5) is 0 Å². The van der Waals surface area contributed by atoms with E-state index in [1.54, 1.807) is 11.9 Å². The highest BCUT2D eigenvalue weighted by Crippen LogP contribution is 2.27. The lowest BCUT2D eigenvalue weighted by Crippen LogP contribution is -2.56. The maximum atomic E-state index is 12.6. The number of likely N-dealkylation sites (N-methyl/N-ethyl adjacent to an activating group) is 1. The van der Waals surface area contributed by atoms with Gasteiger partial charge in [-0.15, -0.1) is 0 Å². The van der Waals surface area contributed by atoms with Crippen molar-refractivity contribution in [2.24, 2.45) is 11.1 Å². The maximum absolute atomic E-state index is 12.6. The molecule has 2 atom stereocenters. The van der Waals surface area contributed by atoms with E-state index in [0.717, 1.165) is 19.3 Å². The first-order chi connectivity index (χ1) is 8.50. The van der Waals surface area contributed by atoms with Crippen LogP contribution in [0.5, 0.6) is 0 Å². The number of hydrogen-bond donors (Lipinski definition) is 2. The fraction of sp³-hybridized carbons (Fsp3) is 0.846. The Morgan fingerprint density at radius 3 is 2.61 bits per heavy atom. The summed E-state index contributed by atoms with van der Waals surface area (Å²) in [6, 6.07) is -0.325. The summed E-state index contributed by atoms with van der Waals surface area (Å²) in [7, 11) is 1.61. The molecule has 104 valence electrons. The molecule has 5 heteroatoms. The molecule has 2 amide bonds. The van der Waals surface area contributed by atoms with Gasteiger partial charge in [0, 0.05) is 20.1 Å². The standard InChI is InChI=1S/C13H25N3O2/c1-4-13(2,9-14)12(18)16-8-6-5-7-10(16)11(17)15-3/h10H,4-9,14H2,1-3H3,(H,15,17). The number of rotatable bonds is 4. The summed E-state index contributed by atoms with van der Waals surface area (Å²) in [6.45, 7) is 4.82. The number of nitrogens with two attached hydrogens (primary N) is 1. The quantitative estimate of drug-likeness (QED) is 0.767. The number of hydrogen-bond acceptors (Lipinski definition) is 3. The largest absolute Gasteiger partial charge is 0.357 e. The van der Waals surface area contributed by atoms with Crippen molar-refractivity contribution in [2.75, 3.05) is 20.1 Å². The Labute approximate surface area is 109 Å². The van der Waals surface area contributed by atoms with E-state index in [4.69, 9.17) is 5.73 Å². The number of likely N-dealkylation sites (tertiary alicyclic amines) is 1. The summed E-state index contributed by atoms with van der Waals surface area (Å²) >= 11 is 0. The Morgan fingerprint density at radius 2 is 2.11 bits per heavy atom.